The highest BCUT2D eigenvalue weighted by Crippen LogP contribution is 2.14. The van der Waals surface area contributed by atoms with E-state index >= 15 is 0 Å². The summed E-state index contributed by atoms with van der Waals surface area (Å²) < 4.78 is 39.4. The lowest BCUT2D eigenvalue weighted by Gasteiger charge is -2.14. The third kappa shape index (κ3) is 4.36. The van der Waals surface area contributed by atoms with Crippen molar-refractivity contribution in [1.82, 2.24) is 4.72 Å². The summed E-state index contributed by atoms with van der Waals surface area (Å²) in [5.74, 6) is -0.792. The lowest BCUT2D eigenvalue weighted by molar-refractivity contribution is 0.165. The fourth-order valence-corrected chi connectivity index (χ4v) is 2.90. The molecule has 102 valence electrons. The molecule has 1 rings (SSSR count). The minimum absolute atomic E-state index is 0.0217. The average Bonchev–Trinajstić information content (AvgIpc) is 2.26. The van der Waals surface area contributed by atoms with Gasteiger partial charge in [-0.15, -0.1) is 0 Å². The molecule has 0 bridgehead atoms. The van der Waals surface area contributed by atoms with E-state index in [9.17, 15) is 17.9 Å². The van der Waals surface area contributed by atoms with Crippen LogP contribution in [0.25, 0.3) is 0 Å². The van der Waals surface area contributed by atoms with Crippen LogP contribution >= 0.6 is 0 Å². The summed E-state index contributed by atoms with van der Waals surface area (Å²) in [6.07, 6.45) is -0.00209. The van der Waals surface area contributed by atoms with Crippen LogP contribution in [0.2, 0.25) is 0 Å². The van der Waals surface area contributed by atoms with Crippen LogP contribution < -0.4 is 4.72 Å². The van der Waals surface area contributed by atoms with Gasteiger partial charge in [-0.3, -0.25) is 0 Å². The highest BCUT2D eigenvalue weighted by atomic mass is 32.2. The Labute approximate surface area is 107 Å². The highest BCUT2D eigenvalue weighted by Gasteiger charge is 2.19. The van der Waals surface area contributed by atoms with E-state index in [0.717, 1.165) is 6.07 Å². The van der Waals surface area contributed by atoms with Crippen molar-refractivity contribution in [3.05, 3.63) is 30.1 Å². The molecule has 0 aliphatic carbocycles. The number of benzene rings is 1. The first kappa shape index (κ1) is 15.1. The van der Waals surface area contributed by atoms with Crippen LogP contribution in [-0.2, 0) is 10.0 Å². The van der Waals surface area contributed by atoms with Crippen LogP contribution in [0, 0.1) is 11.7 Å². The number of rotatable bonds is 6. The molecule has 4 nitrogen and oxygen atoms in total. The Kier molecular flexibility index (Phi) is 5.25. The Hall–Kier alpha value is -0.980. The molecule has 0 aromatic heterocycles. The Morgan fingerprint density at radius 3 is 2.50 bits per heavy atom. The summed E-state index contributed by atoms with van der Waals surface area (Å²) in [4.78, 5) is -0.353. The van der Waals surface area contributed by atoms with E-state index in [1.165, 1.54) is 18.2 Å². The highest BCUT2D eigenvalue weighted by molar-refractivity contribution is 7.89. The van der Waals surface area contributed by atoms with E-state index in [1.54, 1.807) is 6.92 Å². The first-order valence-electron chi connectivity index (χ1n) is 5.75. The van der Waals surface area contributed by atoms with Gasteiger partial charge >= 0.3 is 0 Å². The Bertz CT molecular complexity index is 488. The van der Waals surface area contributed by atoms with Crippen molar-refractivity contribution >= 4 is 10.0 Å². The van der Waals surface area contributed by atoms with Gasteiger partial charge < -0.3 is 5.11 Å². The number of hydrogen-bond acceptors (Lipinski definition) is 3. The predicted octanol–water partition coefficient (Wildman–Crippen LogP) is 1.51. The molecule has 18 heavy (non-hydrogen) atoms. The van der Waals surface area contributed by atoms with E-state index in [2.05, 4.69) is 4.72 Å². The third-order valence-electron chi connectivity index (χ3n) is 2.49. The van der Waals surface area contributed by atoms with Gasteiger partial charge in [0.2, 0.25) is 10.0 Å². The summed E-state index contributed by atoms with van der Waals surface area (Å²) >= 11 is 0. The van der Waals surface area contributed by atoms with Gasteiger partial charge in [0.1, 0.15) is 10.7 Å². The second-order valence-corrected chi connectivity index (χ2v) is 6.21. The predicted molar refractivity (Wildman–Crippen MR) is 67.1 cm³/mol. The zero-order chi connectivity index (χ0) is 13.8. The first-order valence-corrected chi connectivity index (χ1v) is 7.23. The summed E-state index contributed by atoms with van der Waals surface area (Å²) in [6.45, 7) is 3.63. The number of halogens is 1. The summed E-state index contributed by atoms with van der Waals surface area (Å²) in [7, 11) is -3.83. The van der Waals surface area contributed by atoms with Gasteiger partial charge in [-0.2, -0.15) is 0 Å². The van der Waals surface area contributed by atoms with Gasteiger partial charge in [0.25, 0.3) is 0 Å². The molecule has 2 atom stereocenters. The molecule has 2 unspecified atom stereocenters. The largest absolute Gasteiger partial charge is 0.393 e. The van der Waals surface area contributed by atoms with Crippen LogP contribution in [0.3, 0.4) is 0 Å². The van der Waals surface area contributed by atoms with Crippen molar-refractivity contribution in [2.24, 2.45) is 5.92 Å². The molecule has 1 aromatic rings. The zero-order valence-electron chi connectivity index (χ0n) is 10.4. The standard InChI is InChI=1S/C12H18FNO3S/c1-9(7-10(2)15)8-14-18(16,17)12-6-4-3-5-11(12)13/h3-6,9-10,14-15H,7-8H2,1-2H3. The van der Waals surface area contributed by atoms with Crippen molar-refractivity contribution in [3.63, 3.8) is 0 Å². The molecule has 0 saturated heterocycles. The minimum Gasteiger partial charge on any atom is -0.393 e. The molecule has 0 spiro atoms. The SMILES string of the molecule is CC(O)CC(C)CNS(=O)(=O)c1ccccc1F. The maximum atomic E-state index is 13.4. The second kappa shape index (κ2) is 6.26. The lowest BCUT2D eigenvalue weighted by atomic mass is 10.1. The van der Waals surface area contributed by atoms with E-state index in [0.29, 0.717) is 6.42 Å². The molecule has 0 fully saturated rings. The monoisotopic (exact) mass is 275 g/mol. The molecular formula is C12H18FNO3S. The summed E-state index contributed by atoms with van der Waals surface area (Å²) in [5.41, 5.74) is 0. The zero-order valence-corrected chi connectivity index (χ0v) is 11.2. The van der Waals surface area contributed by atoms with Gasteiger partial charge in [-0.25, -0.2) is 17.5 Å². The Morgan fingerprint density at radius 1 is 1.33 bits per heavy atom. The second-order valence-electron chi connectivity index (χ2n) is 4.47. The lowest BCUT2D eigenvalue weighted by Crippen LogP contribution is -2.30. The fraction of sp³-hybridized carbons (Fsp3) is 0.500. The van der Waals surface area contributed by atoms with Crippen molar-refractivity contribution in [2.45, 2.75) is 31.3 Å². The first-order chi connectivity index (χ1) is 8.33. The molecule has 0 saturated carbocycles. The number of sulfonamides is 1. The number of hydrogen-bond donors (Lipinski definition) is 2. The van der Waals surface area contributed by atoms with Gasteiger partial charge in [0, 0.05) is 6.54 Å². The van der Waals surface area contributed by atoms with Gasteiger partial charge in [0.05, 0.1) is 6.10 Å². The average molecular weight is 275 g/mol. The number of nitrogens with one attached hydrogen (secondary N) is 1. The van der Waals surface area contributed by atoms with Crippen molar-refractivity contribution < 1.29 is 17.9 Å². The molecule has 0 aliphatic rings. The van der Waals surface area contributed by atoms with Crippen LogP contribution in [0.15, 0.2) is 29.2 Å². The van der Waals surface area contributed by atoms with Crippen molar-refractivity contribution in [1.29, 1.82) is 0 Å². The van der Waals surface area contributed by atoms with Crippen LogP contribution in [0.5, 0.6) is 0 Å². The molecule has 0 amide bonds. The summed E-state index contributed by atoms with van der Waals surface area (Å²) in [5, 5.41) is 9.18. The molecule has 0 radical (unpaired) electrons. The molecule has 0 heterocycles. The van der Waals surface area contributed by atoms with Crippen LogP contribution in [-0.4, -0.2) is 26.2 Å². The minimum atomic E-state index is -3.83. The van der Waals surface area contributed by atoms with Crippen LogP contribution in [0.1, 0.15) is 20.3 Å². The number of aliphatic hydroxyl groups excluding tert-OH is 1. The van der Waals surface area contributed by atoms with Gasteiger partial charge in [-0.1, -0.05) is 19.1 Å². The molecule has 1 aromatic carbocycles. The van der Waals surface area contributed by atoms with Crippen LogP contribution in [0.4, 0.5) is 4.39 Å². The maximum absolute atomic E-state index is 13.4. The van der Waals surface area contributed by atoms with E-state index in [1.807, 2.05) is 6.92 Å². The van der Waals surface area contributed by atoms with Crippen molar-refractivity contribution in [2.75, 3.05) is 6.54 Å². The third-order valence-corrected chi connectivity index (χ3v) is 3.95. The summed E-state index contributed by atoms with van der Waals surface area (Å²) in [6, 6.07) is 5.23. The topological polar surface area (TPSA) is 66.4 Å². The molecule has 6 heteroatoms. The van der Waals surface area contributed by atoms with Gasteiger partial charge in [-0.05, 0) is 31.4 Å². The van der Waals surface area contributed by atoms with E-state index in [4.69, 9.17) is 0 Å². The maximum Gasteiger partial charge on any atom is 0.243 e. The molecule has 2 N–H and O–H groups in total. The van der Waals surface area contributed by atoms with E-state index < -0.39 is 21.9 Å². The Morgan fingerprint density at radius 2 is 1.94 bits per heavy atom. The Balaban J connectivity index is 2.69. The van der Waals surface area contributed by atoms with Gasteiger partial charge in [0.15, 0.2) is 0 Å². The fourth-order valence-electron chi connectivity index (χ4n) is 1.66. The normalized spacial score (nSPS) is 15.3. The number of aliphatic hydroxyl groups is 1. The molecular weight excluding hydrogens is 257 g/mol. The quantitative estimate of drug-likeness (QED) is 0.827. The van der Waals surface area contributed by atoms with Crippen molar-refractivity contribution in [3.8, 4) is 0 Å². The van der Waals surface area contributed by atoms with E-state index in [-0.39, 0.29) is 17.4 Å². The smallest absolute Gasteiger partial charge is 0.243 e. The molecule has 0 aliphatic heterocycles.